The van der Waals surface area contributed by atoms with Crippen molar-refractivity contribution in [1.29, 1.82) is 5.26 Å². The number of aliphatic hydroxyl groups is 2. The average molecular weight is 540 g/mol. The number of amides is 1. The van der Waals surface area contributed by atoms with Crippen molar-refractivity contribution in [2.24, 2.45) is 0 Å². The fourth-order valence-corrected chi connectivity index (χ4v) is 4.35. The number of rotatable bonds is 6. The summed E-state index contributed by atoms with van der Waals surface area (Å²) in [6.45, 7) is 3.82. The van der Waals surface area contributed by atoms with Crippen LogP contribution in [0.1, 0.15) is 29.4 Å². The number of anilines is 2. The molecule has 0 spiro atoms. The van der Waals surface area contributed by atoms with Crippen molar-refractivity contribution >= 4 is 34.5 Å². The zero-order chi connectivity index (χ0) is 28.4. The Morgan fingerprint density at radius 2 is 2.10 bits per heavy atom. The van der Waals surface area contributed by atoms with Crippen LogP contribution in [0.2, 0.25) is 0 Å². The number of nitrogens with one attached hydrogen (secondary N) is 2. The molecule has 1 aliphatic heterocycles. The van der Waals surface area contributed by atoms with Crippen molar-refractivity contribution in [2.75, 3.05) is 24.2 Å². The third kappa shape index (κ3) is 5.47. The quantitative estimate of drug-likeness (QED) is 0.262. The number of nitrogens with zero attached hydrogens (tertiary/aromatic N) is 3. The smallest absolute Gasteiger partial charge is 0.246 e. The van der Waals surface area contributed by atoms with Gasteiger partial charge in [0, 0.05) is 43.4 Å². The number of benzene rings is 2. The van der Waals surface area contributed by atoms with E-state index in [1.165, 1.54) is 13.0 Å². The standard InChI is InChI=1S/C30H29N5O5/c1-18-23(22-5-4-6-25(27(22)39-18)40-21-10-7-19(14-31)8-11-21)16-35(3)26(36)12-9-20-13-24-28(32-15-20)34-29(37)30(2,38)17-33-24/h4-13,15,29,33,37-38H,16-17H2,1-3H3,(H,32,34)/b12-9+/t29?,30-/m1/s1. The van der Waals surface area contributed by atoms with E-state index in [1.807, 2.05) is 25.1 Å². The fourth-order valence-electron chi connectivity index (χ4n) is 4.35. The highest BCUT2D eigenvalue weighted by Gasteiger charge is 2.33. The van der Waals surface area contributed by atoms with Crippen LogP contribution in [-0.4, -0.2) is 51.4 Å². The van der Waals surface area contributed by atoms with Gasteiger partial charge in [-0.1, -0.05) is 12.1 Å². The number of carbonyl (C=O) groups excluding carboxylic acids is 1. The number of likely N-dealkylation sites (N-methyl/N-ethyl adjacent to an activating group) is 1. The van der Waals surface area contributed by atoms with Crippen LogP contribution in [0.25, 0.3) is 17.0 Å². The molecule has 1 amide bonds. The number of para-hydroxylation sites is 1. The molecule has 10 heteroatoms. The van der Waals surface area contributed by atoms with Gasteiger partial charge in [-0.25, -0.2) is 4.98 Å². The van der Waals surface area contributed by atoms with Crippen molar-refractivity contribution in [3.8, 4) is 17.6 Å². The molecule has 1 unspecified atom stereocenters. The number of aromatic nitrogens is 1. The summed E-state index contributed by atoms with van der Waals surface area (Å²) in [6, 6.07) is 16.3. The summed E-state index contributed by atoms with van der Waals surface area (Å²) in [5.41, 5.74) is 1.92. The average Bonchev–Trinajstić information content (AvgIpc) is 3.21. The van der Waals surface area contributed by atoms with Crippen LogP contribution in [0.3, 0.4) is 0 Å². The van der Waals surface area contributed by atoms with E-state index in [9.17, 15) is 15.0 Å². The first-order valence-corrected chi connectivity index (χ1v) is 12.7. The molecular formula is C30H29N5O5. The first kappa shape index (κ1) is 26.7. The Labute approximate surface area is 231 Å². The van der Waals surface area contributed by atoms with Crippen LogP contribution in [0.4, 0.5) is 11.5 Å². The SMILES string of the molecule is Cc1oc2c(Oc3ccc(C#N)cc3)cccc2c1CN(C)C(=O)/C=C/c1cnc2c(c1)NC[C@@](C)(O)C(O)N2. The number of ether oxygens (including phenoxy) is 1. The molecule has 3 heterocycles. The monoisotopic (exact) mass is 539 g/mol. The molecule has 204 valence electrons. The van der Waals surface area contributed by atoms with Crippen molar-refractivity contribution in [3.05, 3.63) is 83.3 Å². The maximum Gasteiger partial charge on any atom is 0.246 e. The van der Waals surface area contributed by atoms with Gasteiger partial charge >= 0.3 is 0 Å². The largest absolute Gasteiger partial charge is 0.457 e. The number of carbonyl (C=O) groups is 1. The van der Waals surface area contributed by atoms with E-state index in [0.717, 1.165) is 10.9 Å². The molecule has 1 aliphatic rings. The van der Waals surface area contributed by atoms with Crippen molar-refractivity contribution in [2.45, 2.75) is 32.2 Å². The number of hydrogen-bond donors (Lipinski definition) is 4. The molecule has 0 saturated heterocycles. The lowest BCUT2D eigenvalue weighted by atomic mass is 10.1. The minimum Gasteiger partial charge on any atom is -0.457 e. The lowest BCUT2D eigenvalue weighted by molar-refractivity contribution is -0.125. The predicted octanol–water partition coefficient (Wildman–Crippen LogP) is 4.38. The van der Waals surface area contributed by atoms with Gasteiger partial charge in [0.1, 0.15) is 17.1 Å². The summed E-state index contributed by atoms with van der Waals surface area (Å²) in [5, 5.41) is 36.2. The molecule has 0 aliphatic carbocycles. The number of aryl methyl sites for hydroxylation is 1. The van der Waals surface area contributed by atoms with Crippen molar-refractivity contribution in [3.63, 3.8) is 0 Å². The molecule has 0 fully saturated rings. The van der Waals surface area contributed by atoms with Gasteiger partial charge in [-0.15, -0.1) is 0 Å². The van der Waals surface area contributed by atoms with Crippen molar-refractivity contribution < 1.29 is 24.2 Å². The lowest BCUT2D eigenvalue weighted by Crippen LogP contribution is -2.47. The number of β-amino-alcohol motifs (C(OH)–C–C–N with tert-alkyl or cyclic N) is 1. The number of hydrogen-bond acceptors (Lipinski definition) is 9. The Kier molecular flexibility index (Phi) is 7.17. The predicted molar refractivity (Wildman–Crippen MR) is 151 cm³/mol. The molecule has 10 nitrogen and oxygen atoms in total. The minimum absolute atomic E-state index is 0.128. The van der Waals surface area contributed by atoms with Crippen LogP contribution >= 0.6 is 0 Å². The van der Waals surface area contributed by atoms with E-state index in [0.29, 0.717) is 52.0 Å². The van der Waals surface area contributed by atoms with Gasteiger partial charge in [0.25, 0.3) is 0 Å². The Hall–Kier alpha value is -4.85. The summed E-state index contributed by atoms with van der Waals surface area (Å²) in [4.78, 5) is 18.9. The Morgan fingerprint density at radius 1 is 1.32 bits per heavy atom. The summed E-state index contributed by atoms with van der Waals surface area (Å²) in [6.07, 6.45) is 3.53. The molecule has 0 bridgehead atoms. The summed E-state index contributed by atoms with van der Waals surface area (Å²) in [5.74, 6) is 2.01. The Morgan fingerprint density at radius 3 is 2.85 bits per heavy atom. The molecule has 4 aromatic rings. The highest BCUT2D eigenvalue weighted by atomic mass is 16.5. The maximum absolute atomic E-state index is 13.0. The highest BCUT2D eigenvalue weighted by molar-refractivity contribution is 5.93. The zero-order valence-corrected chi connectivity index (χ0v) is 22.3. The number of pyridine rings is 1. The van der Waals surface area contributed by atoms with Crippen molar-refractivity contribution in [1.82, 2.24) is 9.88 Å². The molecule has 2 aromatic carbocycles. The number of fused-ring (bicyclic) bond motifs is 2. The molecule has 0 radical (unpaired) electrons. The number of furan rings is 1. The highest BCUT2D eigenvalue weighted by Crippen LogP contribution is 2.35. The van der Waals surface area contributed by atoms with Gasteiger partial charge < -0.3 is 34.9 Å². The molecule has 2 aromatic heterocycles. The third-order valence-corrected chi connectivity index (χ3v) is 6.79. The maximum atomic E-state index is 13.0. The molecular weight excluding hydrogens is 510 g/mol. The summed E-state index contributed by atoms with van der Waals surface area (Å²) < 4.78 is 12.1. The first-order chi connectivity index (χ1) is 19.1. The van der Waals surface area contributed by atoms with E-state index in [4.69, 9.17) is 14.4 Å². The van der Waals surface area contributed by atoms with Crippen LogP contribution < -0.4 is 15.4 Å². The van der Waals surface area contributed by atoms with E-state index in [-0.39, 0.29) is 12.5 Å². The van der Waals surface area contributed by atoms with Crippen LogP contribution in [0.15, 0.2) is 65.2 Å². The van der Waals surface area contributed by atoms with Gasteiger partial charge in [-0.05, 0) is 61.9 Å². The zero-order valence-electron chi connectivity index (χ0n) is 22.3. The van der Waals surface area contributed by atoms with Crippen LogP contribution in [0, 0.1) is 18.3 Å². The molecule has 2 atom stereocenters. The van der Waals surface area contributed by atoms with Crippen LogP contribution in [0.5, 0.6) is 11.5 Å². The third-order valence-electron chi connectivity index (χ3n) is 6.79. The summed E-state index contributed by atoms with van der Waals surface area (Å²) in [7, 11) is 1.71. The number of nitriles is 1. The fraction of sp³-hybridized carbons (Fsp3) is 0.233. The van der Waals surface area contributed by atoms with Gasteiger partial charge in [-0.3, -0.25) is 4.79 Å². The minimum atomic E-state index is -1.37. The second-order valence-corrected chi connectivity index (χ2v) is 9.96. The van der Waals surface area contributed by atoms with Gasteiger partial charge in [0.05, 0.1) is 17.3 Å². The second kappa shape index (κ2) is 10.7. The molecule has 40 heavy (non-hydrogen) atoms. The Balaban J connectivity index is 1.30. The molecule has 5 rings (SSSR count). The second-order valence-electron chi connectivity index (χ2n) is 9.96. The molecule has 4 N–H and O–H groups in total. The van der Waals surface area contributed by atoms with Crippen LogP contribution in [-0.2, 0) is 11.3 Å². The van der Waals surface area contributed by atoms with E-state index in [1.54, 1.807) is 54.6 Å². The Bertz CT molecular complexity index is 1630. The molecule has 0 saturated carbocycles. The number of aliphatic hydroxyl groups excluding tert-OH is 1. The topological polar surface area (TPSA) is 144 Å². The first-order valence-electron chi connectivity index (χ1n) is 12.7. The lowest BCUT2D eigenvalue weighted by Gasteiger charge is -2.26. The van der Waals surface area contributed by atoms with E-state index >= 15 is 0 Å². The van der Waals surface area contributed by atoms with Gasteiger partial charge in [-0.2, -0.15) is 5.26 Å². The van der Waals surface area contributed by atoms with Gasteiger partial charge in [0.2, 0.25) is 5.91 Å². The normalized spacial score (nSPS) is 18.4. The van der Waals surface area contributed by atoms with Gasteiger partial charge in [0.15, 0.2) is 23.4 Å². The summed E-state index contributed by atoms with van der Waals surface area (Å²) >= 11 is 0. The van der Waals surface area contributed by atoms with E-state index in [2.05, 4.69) is 21.7 Å². The van der Waals surface area contributed by atoms with E-state index < -0.39 is 11.8 Å².